The van der Waals surface area contributed by atoms with E-state index in [0.29, 0.717) is 16.1 Å². The summed E-state index contributed by atoms with van der Waals surface area (Å²) in [6.45, 7) is 10.9. The van der Waals surface area contributed by atoms with E-state index in [1.807, 2.05) is 12.1 Å². The van der Waals surface area contributed by atoms with Gasteiger partial charge in [0.05, 0.1) is 5.56 Å². The van der Waals surface area contributed by atoms with Crippen molar-refractivity contribution >= 4 is 45.8 Å². The minimum absolute atomic E-state index is 0.107. The predicted molar refractivity (Wildman–Crippen MR) is 140 cm³/mol. The molecule has 4 rings (SSSR count). The number of benzene rings is 1. The van der Waals surface area contributed by atoms with Crippen LogP contribution in [0.15, 0.2) is 35.4 Å². The molecule has 0 radical (unpaired) electrons. The Morgan fingerprint density at radius 3 is 2.33 bits per heavy atom. The highest BCUT2D eigenvalue weighted by Crippen LogP contribution is 2.42. The van der Waals surface area contributed by atoms with E-state index in [9.17, 15) is 19.5 Å². The Morgan fingerprint density at radius 1 is 1.14 bits per heavy atom. The molecule has 2 N–H and O–H groups in total. The fourth-order valence-corrected chi connectivity index (χ4v) is 5.34. The molecule has 36 heavy (non-hydrogen) atoms. The molecule has 0 saturated carbocycles. The number of hydrogen-bond donors (Lipinski definition) is 2. The number of piperazine rings is 1. The van der Waals surface area contributed by atoms with Gasteiger partial charge in [-0.25, -0.2) is 4.79 Å². The van der Waals surface area contributed by atoms with Crippen molar-refractivity contribution in [1.29, 1.82) is 0 Å². The van der Waals surface area contributed by atoms with Gasteiger partial charge in [0.25, 0.3) is 5.91 Å². The van der Waals surface area contributed by atoms with Crippen LogP contribution in [0.2, 0.25) is 0 Å². The van der Waals surface area contributed by atoms with Gasteiger partial charge < -0.3 is 25.0 Å². The molecule has 0 spiro atoms. The van der Waals surface area contributed by atoms with Gasteiger partial charge in [-0.1, -0.05) is 15.9 Å². The van der Waals surface area contributed by atoms with Crippen LogP contribution in [0.25, 0.3) is 0 Å². The Labute approximate surface area is 214 Å². The van der Waals surface area contributed by atoms with Gasteiger partial charge in [-0.05, 0) is 70.2 Å². The Bertz CT molecular complexity index is 1210. The highest BCUT2D eigenvalue weighted by atomic mass is 32.1. The molecule has 2 aliphatic rings. The monoisotopic (exact) mass is 514 g/mol. The summed E-state index contributed by atoms with van der Waals surface area (Å²) in [4.78, 5) is 42.8. The number of esters is 1. The number of fused-ring (bicyclic) bond motifs is 1. The van der Waals surface area contributed by atoms with Crippen LogP contribution in [0.5, 0.6) is 0 Å². The number of likely N-dealkylation sites (N-methyl/N-ethyl adjacent to an activating group) is 1. The molecule has 2 aliphatic heterocycles. The molecule has 1 atom stereocenters. The maximum atomic E-state index is 13.1. The van der Waals surface area contributed by atoms with Crippen molar-refractivity contribution in [3.05, 3.63) is 46.3 Å². The lowest BCUT2D eigenvalue weighted by atomic mass is 10.1. The number of amidine groups is 1. The zero-order valence-electron chi connectivity index (χ0n) is 21.2. The number of ether oxygens (including phenoxy) is 1. The van der Waals surface area contributed by atoms with E-state index in [2.05, 4.69) is 27.3 Å². The quantitative estimate of drug-likeness (QED) is 0.474. The number of quaternary nitrogens is 1. The van der Waals surface area contributed by atoms with E-state index >= 15 is 0 Å². The van der Waals surface area contributed by atoms with Gasteiger partial charge in [-0.3, -0.25) is 4.79 Å². The number of carbonyl (C=O) groups is 3. The minimum Gasteiger partial charge on any atom is -0.456 e. The van der Waals surface area contributed by atoms with Crippen molar-refractivity contribution in [1.82, 2.24) is 14.8 Å². The van der Waals surface area contributed by atoms with Crippen molar-refractivity contribution in [2.24, 2.45) is 5.10 Å². The molecule has 1 unspecified atom stereocenters. The Kier molecular flexibility index (Phi) is 6.91. The van der Waals surface area contributed by atoms with Crippen LogP contribution in [-0.4, -0.2) is 79.2 Å². The van der Waals surface area contributed by atoms with Crippen molar-refractivity contribution < 1.29 is 24.2 Å². The number of rotatable bonds is 4. The zero-order chi connectivity index (χ0) is 26.3. The lowest BCUT2D eigenvalue weighted by Gasteiger charge is -2.34. The first-order valence-corrected chi connectivity index (χ1v) is 12.7. The highest BCUT2D eigenvalue weighted by molar-refractivity contribution is 7.18. The van der Waals surface area contributed by atoms with E-state index < -0.39 is 28.2 Å². The standard InChI is InChI=1S/C25H31N5O5S/c1-6-30(24(33)34)22-18(15-19(36-22)23(32)35-25(2,3)4)20(27-30)26-21(31)16-7-9-17(10-8-16)29-13-11-28(5)12-14-29/h7-10,15H,6,11-14H2,1-5H3,(H-,26,27,31,33,34)/p+1. The second-order valence-corrected chi connectivity index (χ2v) is 11.0. The first-order chi connectivity index (χ1) is 16.9. The summed E-state index contributed by atoms with van der Waals surface area (Å²) in [5.41, 5.74) is 1.19. The highest BCUT2D eigenvalue weighted by Gasteiger charge is 2.50. The minimum atomic E-state index is -1.20. The van der Waals surface area contributed by atoms with Crippen LogP contribution in [0.4, 0.5) is 15.5 Å². The molecule has 11 heteroatoms. The maximum absolute atomic E-state index is 13.1. The van der Waals surface area contributed by atoms with Crippen LogP contribution in [0, 0.1) is 0 Å². The molecular weight excluding hydrogens is 482 g/mol. The topological polar surface area (TPSA) is 112 Å². The van der Waals surface area contributed by atoms with E-state index in [-0.39, 0.29) is 17.3 Å². The van der Waals surface area contributed by atoms with Gasteiger partial charge in [-0.15, -0.1) is 0 Å². The number of nitrogens with one attached hydrogen (secondary N) is 1. The normalized spacial score (nSPS) is 20.0. The van der Waals surface area contributed by atoms with Crippen LogP contribution in [0.1, 0.15) is 53.3 Å². The summed E-state index contributed by atoms with van der Waals surface area (Å²) in [6, 6.07) is 8.87. The fourth-order valence-electron chi connectivity index (χ4n) is 4.16. The average molecular weight is 515 g/mol. The van der Waals surface area contributed by atoms with E-state index in [4.69, 9.17) is 4.74 Å². The zero-order valence-corrected chi connectivity index (χ0v) is 22.0. The van der Waals surface area contributed by atoms with Gasteiger partial charge in [-0.2, -0.15) is 4.79 Å². The van der Waals surface area contributed by atoms with Crippen molar-refractivity contribution in [3.63, 3.8) is 0 Å². The third kappa shape index (κ3) is 4.99. The smallest absolute Gasteiger partial charge is 0.456 e. The summed E-state index contributed by atoms with van der Waals surface area (Å²) in [6.07, 6.45) is -1.20. The predicted octanol–water partition coefficient (Wildman–Crippen LogP) is 3.57. The van der Waals surface area contributed by atoms with Gasteiger partial charge in [0.2, 0.25) is 10.8 Å². The molecule has 2 aromatic rings. The summed E-state index contributed by atoms with van der Waals surface area (Å²) in [5, 5.41) is 17.5. The lowest BCUT2D eigenvalue weighted by Crippen LogP contribution is -2.47. The number of carbonyl (C=O) groups excluding carboxylic acids is 2. The Balaban J connectivity index is 1.58. The van der Waals surface area contributed by atoms with Gasteiger partial charge >= 0.3 is 12.1 Å². The molecular formula is C25H32N5O5S+. The van der Waals surface area contributed by atoms with E-state index in [1.54, 1.807) is 45.9 Å². The lowest BCUT2D eigenvalue weighted by molar-refractivity contribution is 0.00749. The van der Waals surface area contributed by atoms with Gasteiger partial charge in [0.1, 0.15) is 17.0 Å². The first kappa shape index (κ1) is 25.8. The number of anilines is 1. The molecule has 1 aromatic carbocycles. The molecule has 1 fully saturated rings. The maximum Gasteiger partial charge on any atom is 0.547 e. The molecule has 192 valence electrons. The van der Waals surface area contributed by atoms with Crippen molar-refractivity contribution in [2.75, 3.05) is 44.7 Å². The number of amides is 2. The first-order valence-electron chi connectivity index (χ1n) is 11.9. The molecule has 3 heterocycles. The van der Waals surface area contributed by atoms with Gasteiger partial charge in [0.15, 0.2) is 0 Å². The number of nitrogens with zero attached hydrogens (tertiary/aromatic N) is 4. The number of thiophene rings is 1. The molecule has 2 amide bonds. The molecule has 0 aliphatic carbocycles. The van der Waals surface area contributed by atoms with Crippen LogP contribution in [-0.2, 0) is 4.74 Å². The molecule has 1 saturated heterocycles. The Hall–Kier alpha value is -3.28. The second kappa shape index (κ2) is 9.64. The number of carboxylic acid groups (broad SMARTS) is 1. The van der Waals surface area contributed by atoms with E-state index in [0.717, 1.165) is 43.2 Å². The molecule has 10 nitrogen and oxygen atoms in total. The second-order valence-electron chi connectivity index (χ2n) is 9.94. The van der Waals surface area contributed by atoms with Crippen LogP contribution >= 0.6 is 11.3 Å². The third-order valence-corrected chi connectivity index (χ3v) is 7.40. The van der Waals surface area contributed by atoms with Gasteiger partial charge in [0, 0.05) is 37.4 Å². The number of hydrogen-bond acceptors (Lipinski definition) is 8. The fraction of sp³-hybridized carbons (Fsp3) is 0.440. The summed E-state index contributed by atoms with van der Waals surface area (Å²) >= 11 is 1.02. The summed E-state index contributed by atoms with van der Waals surface area (Å²) in [7, 11) is 2.10. The largest absolute Gasteiger partial charge is 0.547 e. The summed E-state index contributed by atoms with van der Waals surface area (Å²) < 4.78 is 4.71. The third-order valence-electron chi connectivity index (χ3n) is 6.18. The average Bonchev–Trinajstić information content (AvgIpc) is 3.38. The summed E-state index contributed by atoms with van der Waals surface area (Å²) in [5.74, 6) is -0.837. The van der Waals surface area contributed by atoms with E-state index in [1.165, 1.54) is 0 Å². The Morgan fingerprint density at radius 2 is 1.78 bits per heavy atom. The van der Waals surface area contributed by atoms with Crippen molar-refractivity contribution in [3.8, 4) is 0 Å². The molecule has 0 bridgehead atoms. The molecule has 1 aromatic heterocycles. The van der Waals surface area contributed by atoms with Crippen molar-refractivity contribution in [2.45, 2.75) is 33.3 Å². The van der Waals surface area contributed by atoms with Crippen LogP contribution in [0.3, 0.4) is 0 Å². The van der Waals surface area contributed by atoms with Crippen LogP contribution < -0.4 is 14.8 Å². The SMILES string of the molecule is CC[N+]1(C(=O)O)N=C(NC(=O)c2ccc(N3CCN(C)CC3)cc2)c2cc(C(=O)OC(C)(C)C)sc21.